The lowest BCUT2D eigenvalue weighted by Gasteiger charge is -2.43. The number of anilines is 1. The highest BCUT2D eigenvalue weighted by Crippen LogP contribution is 2.43. The van der Waals surface area contributed by atoms with E-state index in [0.29, 0.717) is 0 Å². The van der Waals surface area contributed by atoms with E-state index >= 15 is 0 Å². The number of rotatable bonds is 5. The number of pyridine rings is 1. The van der Waals surface area contributed by atoms with Crippen LogP contribution in [0.4, 0.5) is 5.82 Å². The van der Waals surface area contributed by atoms with E-state index in [0.717, 1.165) is 38.3 Å². The summed E-state index contributed by atoms with van der Waals surface area (Å²) in [5.74, 6) is 1.23. The van der Waals surface area contributed by atoms with Crippen LogP contribution in [0.2, 0.25) is 0 Å². The standard InChI is InChI=1S/C22H27N3O/c26-21(18-8-6-15-25(16-18)20-11-4-5-14-23-20)24-17-22(12-7-13-22)19-9-2-1-3-10-19/h1-5,9-11,14,18H,6-8,12-13,15-17H2,(H,24,26). The Morgan fingerprint density at radius 2 is 1.92 bits per heavy atom. The van der Waals surface area contributed by atoms with Gasteiger partial charge in [0.15, 0.2) is 0 Å². The summed E-state index contributed by atoms with van der Waals surface area (Å²) in [4.78, 5) is 19.5. The number of nitrogens with one attached hydrogen (secondary N) is 1. The second kappa shape index (κ2) is 7.48. The zero-order valence-electron chi connectivity index (χ0n) is 15.2. The quantitative estimate of drug-likeness (QED) is 0.898. The fourth-order valence-electron chi connectivity index (χ4n) is 4.30. The number of benzene rings is 1. The van der Waals surface area contributed by atoms with Crippen molar-refractivity contribution in [1.29, 1.82) is 0 Å². The Labute approximate surface area is 155 Å². The lowest BCUT2D eigenvalue weighted by molar-refractivity contribution is -0.125. The minimum Gasteiger partial charge on any atom is -0.356 e. The Balaban J connectivity index is 1.37. The Morgan fingerprint density at radius 3 is 2.62 bits per heavy atom. The van der Waals surface area contributed by atoms with Crippen molar-refractivity contribution in [2.24, 2.45) is 5.92 Å². The van der Waals surface area contributed by atoms with Gasteiger partial charge in [0, 0.05) is 31.2 Å². The van der Waals surface area contributed by atoms with Gasteiger partial charge >= 0.3 is 0 Å². The molecule has 1 amide bonds. The van der Waals surface area contributed by atoms with Crippen LogP contribution in [0, 0.1) is 5.92 Å². The average molecular weight is 349 g/mol. The maximum atomic E-state index is 12.8. The zero-order valence-corrected chi connectivity index (χ0v) is 15.2. The van der Waals surface area contributed by atoms with Crippen LogP contribution in [-0.2, 0) is 10.2 Å². The first-order chi connectivity index (χ1) is 12.8. The first-order valence-electron chi connectivity index (χ1n) is 9.76. The summed E-state index contributed by atoms with van der Waals surface area (Å²) in [5, 5.41) is 3.28. The molecule has 1 saturated carbocycles. The highest BCUT2D eigenvalue weighted by atomic mass is 16.1. The van der Waals surface area contributed by atoms with E-state index in [1.165, 1.54) is 24.8 Å². The maximum Gasteiger partial charge on any atom is 0.224 e. The van der Waals surface area contributed by atoms with E-state index in [-0.39, 0.29) is 17.2 Å². The number of hydrogen-bond acceptors (Lipinski definition) is 3. The van der Waals surface area contributed by atoms with E-state index in [4.69, 9.17) is 0 Å². The number of aromatic nitrogens is 1. The Bertz CT molecular complexity index is 728. The van der Waals surface area contributed by atoms with Gasteiger partial charge in [-0.05, 0) is 43.4 Å². The molecule has 0 radical (unpaired) electrons. The molecule has 2 aliphatic rings. The lowest BCUT2D eigenvalue weighted by Crippen LogP contribution is -2.49. The molecule has 1 N–H and O–H groups in total. The third-order valence-electron chi connectivity index (χ3n) is 6.06. The van der Waals surface area contributed by atoms with Crippen LogP contribution >= 0.6 is 0 Å². The van der Waals surface area contributed by atoms with Crippen LogP contribution in [0.5, 0.6) is 0 Å². The number of amides is 1. The summed E-state index contributed by atoms with van der Waals surface area (Å²) in [6.45, 7) is 2.51. The van der Waals surface area contributed by atoms with Gasteiger partial charge in [0.25, 0.3) is 0 Å². The molecule has 4 nitrogen and oxygen atoms in total. The van der Waals surface area contributed by atoms with Crippen molar-refractivity contribution in [3.63, 3.8) is 0 Å². The molecule has 1 unspecified atom stereocenters. The highest BCUT2D eigenvalue weighted by Gasteiger charge is 2.39. The Morgan fingerprint density at radius 1 is 1.12 bits per heavy atom. The number of nitrogens with zero attached hydrogens (tertiary/aromatic N) is 2. The van der Waals surface area contributed by atoms with Crippen molar-refractivity contribution >= 4 is 11.7 Å². The summed E-state index contributed by atoms with van der Waals surface area (Å²) in [7, 11) is 0. The third kappa shape index (κ3) is 3.46. The number of hydrogen-bond donors (Lipinski definition) is 1. The summed E-state index contributed by atoms with van der Waals surface area (Å²) < 4.78 is 0. The number of carbonyl (C=O) groups is 1. The Hall–Kier alpha value is -2.36. The summed E-state index contributed by atoms with van der Waals surface area (Å²) in [5.41, 5.74) is 1.51. The SMILES string of the molecule is O=C(NCC1(c2ccccc2)CCC1)C1CCCN(c2ccccn2)C1. The second-order valence-electron chi connectivity index (χ2n) is 7.69. The van der Waals surface area contributed by atoms with Crippen molar-refractivity contribution in [3.8, 4) is 0 Å². The van der Waals surface area contributed by atoms with Gasteiger partial charge in [-0.2, -0.15) is 0 Å². The fraction of sp³-hybridized carbons (Fsp3) is 0.455. The van der Waals surface area contributed by atoms with Gasteiger partial charge in [-0.15, -0.1) is 0 Å². The molecule has 0 bridgehead atoms. The van der Waals surface area contributed by atoms with Crippen LogP contribution in [0.3, 0.4) is 0 Å². The molecule has 1 aliphatic heterocycles. The van der Waals surface area contributed by atoms with Crippen molar-refractivity contribution in [1.82, 2.24) is 10.3 Å². The van der Waals surface area contributed by atoms with E-state index in [1.54, 1.807) is 0 Å². The molecule has 4 rings (SSSR count). The normalized spacial score (nSPS) is 21.7. The molecular weight excluding hydrogens is 322 g/mol. The van der Waals surface area contributed by atoms with Crippen molar-refractivity contribution in [2.75, 3.05) is 24.5 Å². The molecule has 1 saturated heterocycles. The lowest BCUT2D eigenvalue weighted by atomic mass is 9.64. The molecule has 26 heavy (non-hydrogen) atoms. The second-order valence-corrected chi connectivity index (χ2v) is 7.69. The maximum absolute atomic E-state index is 12.8. The van der Waals surface area contributed by atoms with Gasteiger partial charge in [0.05, 0.1) is 5.92 Å². The topological polar surface area (TPSA) is 45.2 Å². The van der Waals surface area contributed by atoms with Gasteiger partial charge in [0.1, 0.15) is 5.82 Å². The molecule has 1 aromatic heterocycles. The average Bonchev–Trinajstić information content (AvgIpc) is 2.69. The fourth-order valence-corrected chi connectivity index (χ4v) is 4.30. The molecule has 4 heteroatoms. The summed E-state index contributed by atoms with van der Waals surface area (Å²) in [6.07, 6.45) is 7.41. The van der Waals surface area contributed by atoms with Gasteiger partial charge in [-0.3, -0.25) is 4.79 Å². The smallest absolute Gasteiger partial charge is 0.224 e. The predicted octanol–water partition coefficient (Wildman–Crippen LogP) is 3.54. The van der Waals surface area contributed by atoms with Crippen molar-refractivity contribution < 1.29 is 4.79 Å². The largest absolute Gasteiger partial charge is 0.356 e. The molecule has 2 heterocycles. The van der Waals surface area contributed by atoms with E-state index in [1.807, 2.05) is 24.4 Å². The molecule has 1 aliphatic carbocycles. The van der Waals surface area contributed by atoms with Gasteiger partial charge < -0.3 is 10.2 Å². The number of piperidine rings is 1. The molecule has 1 aromatic carbocycles. The summed E-state index contributed by atoms with van der Waals surface area (Å²) >= 11 is 0. The highest BCUT2D eigenvalue weighted by molar-refractivity contribution is 5.79. The monoisotopic (exact) mass is 349 g/mol. The predicted molar refractivity (Wildman–Crippen MR) is 104 cm³/mol. The molecule has 2 aromatic rings. The third-order valence-corrected chi connectivity index (χ3v) is 6.06. The van der Waals surface area contributed by atoms with Gasteiger partial charge in [-0.1, -0.05) is 42.8 Å². The zero-order chi connectivity index (χ0) is 17.8. The Kier molecular flexibility index (Phi) is 4.91. The van der Waals surface area contributed by atoms with Crippen LogP contribution in [0.25, 0.3) is 0 Å². The number of carbonyl (C=O) groups excluding carboxylic acids is 1. The van der Waals surface area contributed by atoms with Crippen molar-refractivity contribution in [3.05, 3.63) is 60.3 Å². The van der Waals surface area contributed by atoms with Crippen molar-refractivity contribution in [2.45, 2.75) is 37.5 Å². The minimum absolute atomic E-state index is 0.0543. The molecule has 2 fully saturated rings. The molecule has 0 spiro atoms. The van der Waals surface area contributed by atoms with Gasteiger partial charge in [0.2, 0.25) is 5.91 Å². The van der Waals surface area contributed by atoms with E-state index in [9.17, 15) is 4.79 Å². The van der Waals surface area contributed by atoms with E-state index in [2.05, 4.69) is 45.5 Å². The first kappa shape index (κ1) is 17.1. The van der Waals surface area contributed by atoms with Crippen LogP contribution in [0.15, 0.2) is 54.7 Å². The molecule has 136 valence electrons. The molecule has 1 atom stereocenters. The summed E-state index contributed by atoms with van der Waals surface area (Å²) in [6, 6.07) is 16.6. The van der Waals surface area contributed by atoms with Gasteiger partial charge in [-0.25, -0.2) is 4.98 Å². The van der Waals surface area contributed by atoms with E-state index < -0.39 is 0 Å². The van der Waals surface area contributed by atoms with Crippen LogP contribution in [-0.4, -0.2) is 30.5 Å². The van der Waals surface area contributed by atoms with Crippen LogP contribution in [0.1, 0.15) is 37.7 Å². The first-order valence-corrected chi connectivity index (χ1v) is 9.76. The molecular formula is C22H27N3O. The minimum atomic E-state index is 0.0543. The van der Waals surface area contributed by atoms with Crippen LogP contribution < -0.4 is 10.2 Å².